The second kappa shape index (κ2) is 9.77. The molecule has 2 aliphatic heterocycles. The van der Waals surface area contributed by atoms with Gasteiger partial charge in [0.1, 0.15) is 0 Å². The minimum atomic E-state index is -4.15. The number of ether oxygens (including phenoxy) is 2. The van der Waals surface area contributed by atoms with E-state index in [1.54, 1.807) is 0 Å². The van der Waals surface area contributed by atoms with Crippen LogP contribution < -0.4 is 4.74 Å². The predicted molar refractivity (Wildman–Crippen MR) is 112 cm³/mol. The van der Waals surface area contributed by atoms with E-state index >= 15 is 0 Å². The Morgan fingerprint density at radius 1 is 1.32 bits per heavy atom. The maximum absolute atomic E-state index is 13.4. The highest BCUT2D eigenvalue weighted by Gasteiger charge is 2.39. The van der Waals surface area contributed by atoms with Crippen molar-refractivity contribution >= 4 is 25.5 Å². The Balaban J connectivity index is 1.86. The van der Waals surface area contributed by atoms with Gasteiger partial charge in [-0.15, -0.1) is 0 Å². The van der Waals surface area contributed by atoms with Gasteiger partial charge in [0.15, 0.2) is 15.6 Å². The molecule has 1 aromatic rings. The molecule has 0 bridgehead atoms. The lowest BCUT2D eigenvalue weighted by molar-refractivity contribution is -0.386. The fourth-order valence-corrected chi connectivity index (χ4v) is 7.42. The minimum absolute atomic E-state index is 0.0498. The molecule has 1 unspecified atom stereocenters. The van der Waals surface area contributed by atoms with Crippen LogP contribution in [0.15, 0.2) is 23.1 Å². The van der Waals surface area contributed by atoms with E-state index in [9.17, 15) is 26.9 Å². The largest absolute Gasteiger partial charge is 0.490 e. The fraction of sp³-hybridized carbons (Fsp3) is 0.667. The smallest absolute Gasteiger partial charge is 0.312 e. The maximum Gasteiger partial charge on any atom is 0.312 e. The van der Waals surface area contributed by atoms with E-state index in [0.29, 0.717) is 26.2 Å². The van der Waals surface area contributed by atoms with Crippen molar-refractivity contribution < 1.29 is 31.2 Å². The van der Waals surface area contributed by atoms with Crippen LogP contribution in [0.2, 0.25) is 0 Å². The van der Waals surface area contributed by atoms with Gasteiger partial charge in [-0.25, -0.2) is 16.8 Å². The zero-order valence-corrected chi connectivity index (χ0v) is 18.9. The molecule has 2 fully saturated rings. The van der Waals surface area contributed by atoms with E-state index in [2.05, 4.69) is 4.90 Å². The Bertz CT molecular complexity index is 1010. The first-order valence-corrected chi connectivity index (χ1v) is 13.2. The van der Waals surface area contributed by atoms with Gasteiger partial charge in [-0.05, 0) is 31.5 Å². The van der Waals surface area contributed by atoms with Crippen LogP contribution in [0, 0.1) is 10.1 Å². The first-order valence-electron chi connectivity index (χ1n) is 9.99. The number of hydrogen-bond donors (Lipinski definition) is 0. The number of nitro groups is 1. The van der Waals surface area contributed by atoms with Crippen molar-refractivity contribution in [2.24, 2.45) is 0 Å². The highest BCUT2D eigenvalue weighted by molar-refractivity contribution is 7.92. The summed E-state index contributed by atoms with van der Waals surface area (Å²) in [4.78, 5) is 12.5. The molecule has 0 saturated carbocycles. The summed E-state index contributed by atoms with van der Waals surface area (Å²) in [5, 5.41) is 11.3. The van der Waals surface area contributed by atoms with E-state index < -0.39 is 36.5 Å². The Morgan fingerprint density at radius 3 is 2.61 bits per heavy atom. The number of sulfone groups is 1. The molecule has 31 heavy (non-hydrogen) atoms. The molecule has 2 saturated heterocycles. The summed E-state index contributed by atoms with van der Waals surface area (Å²) in [6.07, 6.45) is 0.714. The second-order valence-electron chi connectivity index (χ2n) is 7.57. The lowest BCUT2D eigenvalue weighted by Crippen LogP contribution is -2.43. The fourth-order valence-electron chi connectivity index (χ4n) is 3.88. The molecule has 0 aliphatic carbocycles. The summed E-state index contributed by atoms with van der Waals surface area (Å²) in [6.45, 7) is 3.54. The molecule has 0 amide bonds. The van der Waals surface area contributed by atoms with E-state index in [1.807, 2.05) is 0 Å². The average Bonchev–Trinajstić information content (AvgIpc) is 3.10. The van der Waals surface area contributed by atoms with Crippen LogP contribution >= 0.6 is 0 Å². The number of nitro benzene ring substituents is 1. The molecule has 13 heteroatoms. The molecule has 0 N–H and O–H groups in total. The van der Waals surface area contributed by atoms with Crippen LogP contribution in [0.1, 0.15) is 12.8 Å². The molecule has 11 nitrogen and oxygen atoms in total. The normalized spacial score (nSPS) is 21.9. The third kappa shape index (κ3) is 5.71. The molecule has 3 rings (SSSR count). The molecule has 1 atom stereocenters. The van der Waals surface area contributed by atoms with Gasteiger partial charge in [0.05, 0.1) is 41.6 Å². The SMILES string of the molecule is COc1ccc(S(=O)(=O)N(CCCN2CCOCC2)C2CCS(=O)(=O)C2)cc1[N+](=O)[O-]. The third-order valence-electron chi connectivity index (χ3n) is 5.53. The van der Waals surface area contributed by atoms with Crippen molar-refractivity contribution in [1.82, 2.24) is 9.21 Å². The Morgan fingerprint density at radius 2 is 2.03 bits per heavy atom. The number of hydrogen-bond acceptors (Lipinski definition) is 9. The highest BCUT2D eigenvalue weighted by atomic mass is 32.2. The summed E-state index contributed by atoms with van der Waals surface area (Å²) < 4.78 is 62.3. The molecule has 174 valence electrons. The van der Waals surface area contributed by atoms with Gasteiger partial charge in [-0.1, -0.05) is 0 Å². The van der Waals surface area contributed by atoms with Crippen LogP contribution in [0.4, 0.5) is 5.69 Å². The quantitative estimate of drug-likeness (QED) is 0.368. The number of rotatable bonds is 9. The standard InChI is InChI=1S/C18H27N3O8S2/c1-28-18-4-3-16(13-17(18)21(22)23)31(26,27)20(15-5-12-30(24,25)14-15)7-2-6-19-8-10-29-11-9-19/h3-4,13,15H,2,5-12,14H2,1H3. The van der Waals surface area contributed by atoms with Gasteiger partial charge in [0.25, 0.3) is 0 Å². The van der Waals surface area contributed by atoms with Gasteiger partial charge in [0, 0.05) is 31.7 Å². The zero-order chi connectivity index (χ0) is 22.6. The van der Waals surface area contributed by atoms with Crippen LogP contribution in [-0.2, 0) is 24.6 Å². The van der Waals surface area contributed by atoms with Gasteiger partial charge in [-0.2, -0.15) is 4.31 Å². The second-order valence-corrected chi connectivity index (χ2v) is 11.7. The molecule has 1 aromatic carbocycles. The molecular formula is C18H27N3O8S2. The molecular weight excluding hydrogens is 450 g/mol. The highest BCUT2D eigenvalue weighted by Crippen LogP contribution is 2.32. The molecule has 0 radical (unpaired) electrons. The summed E-state index contributed by atoms with van der Waals surface area (Å²) in [6, 6.07) is 2.76. The van der Waals surface area contributed by atoms with Crippen LogP contribution in [-0.4, -0.2) is 95.0 Å². The maximum atomic E-state index is 13.4. The molecule has 2 aliphatic rings. The Labute approximate surface area is 182 Å². The summed E-state index contributed by atoms with van der Waals surface area (Å²) in [5.74, 6) is -0.371. The van der Waals surface area contributed by atoms with Crippen molar-refractivity contribution in [2.45, 2.75) is 23.8 Å². The van der Waals surface area contributed by atoms with Gasteiger partial charge < -0.3 is 9.47 Å². The zero-order valence-electron chi connectivity index (χ0n) is 17.3. The van der Waals surface area contributed by atoms with Gasteiger partial charge in [0.2, 0.25) is 10.0 Å². The number of benzene rings is 1. The van der Waals surface area contributed by atoms with Crippen molar-refractivity contribution in [3.8, 4) is 5.75 Å². The van der Waals surface area contributed by atoms with E-state index in [0.717, 1.165) is 19.2 Å². The van der Waals surface area contributed by atoms with Crippen LogP contribution in [0.25, 0.3) is 0 Å². The summed E-state index contributed by atoms with van der Waals surface area (Å²) >= 11 is 0. The van der Waals surface area contributed by atoms with E-state index in [4.69, 9.17) is 9.47 Å². The van der Waals surface area contributed by atoms with Gasteiger partial charge >= 0.3 is 5.69 Å². The summed E-state index contributed by atoms with van der Waals surface area (Å²) in [7, 11) is -6.21. The first-order chi connectivity index (χ1) is 14.6. The lowest BCUT2D eigenvalue weighted by atomic mass is 10.2. The molecule has 0 spiro atoms. The van der Waals surface area contributed by atoms with Crippen LogP contribution in [0.5, 0.6) is 5.75 Å². The van der Waals surface area contributed by atoms with E-state index in [1.165, 1.54) is 23.5 Å². The Kier molecular flexibility index (Phi) is 7.52. The molecule has 0 aromatic heterocycles. The Hall–Kier alpha value is -1.80. The van der Waals surface area contributed by atoms with E-state index in [-0.39, 0.29) is 35.1 Å². The monoisotopic (exact) mass is 477 g/mol. The number of morpholine rings is 1. The van der Waals surface area contributed by atoms with Crippen molar-refractivity contribution in [1.29, 1.82) is 0 Å². The molecule has 2 heterocycles. The van der Waals surface area contributed by atoms with Crippen LogP contribution in [0.3, 0.4) is 0 Å². The van der Waals surface area contributed by atoms with Gasteiger partial charge in [-0.3, -0.25) is 15.0 Å². The lowest BCUT2D eigenvalue weighted by Gasteiger charge is -2.30. The first kappa shape index (κ1) is 23.9. The number of methoxy groups -OCH3 is 1. The third-order valence-corrected chi connectivity index (χ3v) is 9.22. The minimum Gasteiger partial charge on any atom is -0.490 e. The topological polar surface area (TPSA) is 136 Å². The predicted octanol–water partition coefficient (Wildman–Crippen LogP) is 0.504. The van der Waals surface area contributed by atoms with Crippen molar-refractivity contribution in [3.05, 3.63) is 28.3 Å². The summed E-state index contributed by atoms with van der Waals surface area (Å²) in [5.41, 5.74) is -0.462. The van der Waals surface area contributed by atoms with Crippen molar-refractivity contribution in [2.75, 3.05) is 58.0 Å². The average molecular weight is 478 g/mol. The number of sulfonamides is 1. The van der Waals surface area contributed by atoms with Crippen molar-refractivity contribution in [3.63, 3.8) is 0 Å². The number of nitrogens with zero attached hydrogens (tertiary/aromatic N) is 3.